The van der Waals surface area contributed by atoms with Crippen molar-refractivity contribution in [2.24, 2.45) is 0 Å². The molecule has 0 aliphatic carbocycles. The molecule has 0 N–H and O–H groups in total. The Morgan fingerprint density at radius 3 is 2.65 bits per heavy atom. The Morgan fingerprint density at radius 2 is 2.00 bits per heavy atom. The summed E-state index contributed by atoms with van der Waals surface area (Å²) in [6, 6.07) is 13.1. The van der Waals surface area contributed by atoms with Gasteiger partial charge in [0.25, 0.3) is 0 Å². The molecular formula is C16H11BrFNO. The zero-order valence-electron chi connectivity index (χ0n) is 10.7. The molecule has 0 heterocycles. The molecule has 0 fully saturated rings. The molecule has 1 unspecified atom stereocenters. The number of carbonyl (C=O) groups is 1. The smallest absolute Gasteiger partial charge is 0.184 e. The number of benzene rings is 2. The summed E-state index contributed by atoms with van der Waals surface area (Å²) in [4.78, 5) is 12.5. The van der Waals surface area contributed by atoms with Crippen LogP contribution >= 0.6 is 15.9 Å². The van der Waals surface area contributed by atoms with Crippen molar-refractivity contribution in [2.45, 2.75) is 12.8 Å². The van der Waals surface area contributed by atoms with Crippen molar-refractivity contribution in [3.8, 4) is 6.07 Å². The Bertz CT molecular complexity index is 706. The Hall–Kier alpha value is -1.99. The maximum atomic E-state index is 13.3. The van der Waals surface area contributed by atoms with Gasteiger partial charge in [-0.25, -0.2) is 4.39 Å². The number of nitriles is 1. The van der Waals surface area contributed by atoms with Crippen molar-refractivity contribution >= 4 is 21.7 Å². The number of Topliss-reactive ketones (excluding diaryl/α,β-unsaturated/α-hetero) is 1. The van der Waals surface area contributed by atoms with Crippen LogP contribution in [-0.4, -0.2) is 5.78 Å². The van der Waals surface area contributed by atoms with Gasteiger partial charge in [0.05, 0.1) is 6.07 Å². The standard InChI is InChI=1S/C16H11BrFNO/c1-10-6-7-11(18)8-13(10)16(20)14(9-19)12-4-2-3-5-15(12)17/h2-8,14H,1H3. The van der Waals surface area contributed by atoms with Crippen LogP contribution in [0.4, 0.5) is 4.39 Å². The van der Waals surface area contributed by atoms with E-state index in [0.29, 0.717) is 15.6 Å². The average Bonchev–Trinajstić information content (AvgIpc) is 2.44. The van der Waals surface area contributed by atoms with Gasteiger partial charge in [-0.05, 0) is 36.2 Å². The summed E-state index contributed by atoms with van der Waals surface area (Å²) in [6.45, 7) is 1.72. The summed E-state index contributed by atoms with van der Waals surface area (Å²) in [6.07, 6.45) is 0. The summed E-state index contributed by atoms with van der Waals surface area (Å²) >= 11 is 3.33. The van der Waals surface area contributed by atoms with Gasteiger partial charge in [0, 0.05) is 10.0 Å². The fraction of sp³-hybridized carbons (Fsp3) is 0.125. The quantitative estimate of drug-likeness (QED) is 0.783. The van der Waals surface area contributed by atoms with Gasteiger partial charge in [-0.2, -0.15) is 5.26 Å². The summed E-state index contributed by atoms with van der Waals surface area (Å²) in [7, 11) is 0. The topological polar surface area (TPSA) is 40.9 Å². The zero-order valence-corrected chi connectivity index (χ0v) is 12.3. The van der Waals surface area contributed by atoms with E-state index in [-0.39, 0.29) is 5.56 Å². The van der Waals surface area contributed by atoms with Crippen molar-refractivity contribution in [1.29, 1.82) is 5.26 Å². The zero-order chi connectivity index (χ0) is 14.7. The van der Waals surface area contributed by atoms with Gasteiger partial charge in [0.15, 0.2) is 5.78 Å². The number of ketones is 1. The molecule has 0 saturated heterocycles. The van der Waals surface area contributed by atoms with E-state index in [2.05, 4.69) is 15.9 Å². The van der Waals surface area contributed by atoms with Crippen molar-refractivity contribution < 1.29 is 9.18 Å². The van der Waals surface area contributed by atoms with Gasteiger partial charge in [0.2, 0.25) is 0 Å². The van der Waals surface area contributed by atoms with Crippen LogP contribution < -0.4 is 0 Å². The average molecular weight is 332 g/mol. The molecule has 0 bridgehead atoms. The molecule has 100 valence electrons. The lowest BCUT2D eigenvalue weighted by Crippen LogP contribution is -2.13. The molecule has 0 saturated carbocycles. The summed E-state index contributed by atoms with van der Waals surface area (Å²) in [5.74, 6) is -1.83. The Balaban J connectivity index is 2.48. The first-order valence-corrected chi connectivity index (χ1v) is 6.78. The fourth-order valence-corrected chi connectivity index (χ4v) is 2.51. The molecule has 1 atom stereocenters. The third-order valence-electron chi connectivity index (χ3n) is 3.07. The number of carbonyl (C=O) groups excluding carboxylic acids is 1. The molecular weight excluding hydrogens is 321 g/mol. The second-order valence-corrected chi connectivity index (χ2v) is 5.26. The minimum atomic E-state index is -0.953. The lowest BCUT2D eigenvalue weighted by Gasteiger charge is -2.12. The Kier molecular flexibility index (Phi) is 4.31. The molecule has 2 nitrogen and oxygen atoms in total. The van der Waals surface area contributed by atoms with Crippen LogP contribution in [0, 0.1) is 24.1 Å². The second-order valence-electron chi connectivity index (χ2n) is 4.41. The highest BCUT2D eigenvalue weighted by molar-refractivity contribution is 9.10. The van der Waals surface area contributed by atoms with Crippen LogP contribution in [0.5, 0.6) is 0 Å². The highest BCUT2D eigenvalue weighted by Gasteiger charge is 2.25. The summed E-state index contributed by atoms with van der Waals surface area (Å²) in [5, 5.41) is 9.31. The van der Waals surface area contributed by atoms with Crippen LogP contribution in [0.3, 0.4) is 0 Å². The Morgan fingerprint density at radius 1 is 1.30 bits per heavy atom. The first-order chi connectivity index (χ1) is 9.54. The molecule has 2 rings (SSSR count). The molecule has 0 radical (unpaired) electrons. The van der Waals surface area contributed by atoms with Crippen LogP contribution in [0.15, 0.2) is 46.9 Å². The number of rotatable bonds is 3. The van der Waals surface area contributed by atoms with E-state index in [1.807, 2.05) is 6.07 Å². The van der Waals surface area contributed by atoms with Crippen molar-refractivity contribution in [3.63, 3.8) is 0 Å². The molecule has 0 aliphatic heterocycles. The van der Waals surface area contributed by atoms with Gasteiger partial charge in [-0.15, -0.1) is 0 Å². The first-order valence-electron chi connectivity index (χ1n) is 5.99. The third kappa shape index (κ3) is 2.78. The number of aryl methyl sites for hydroxylation is 1. The van der Waals surface area contributed by atoms with E-state index in [1.54, 1.807) is 31.2 Å². The van der Waals surface area contributed by atoms with E-state index in [1.165, 1.54) is 18.2 Å². The molecule has 0 aromatic heterocycles. The van der Waals surface area contributed by atoms with E-state index >= 15 is 0 Å². The fourth-order valence-electron chi connectivity index (χ4n) is 1.99. The van der Waals surface area contributed by atoms with E-state index in [4.69, 9.17) is 0 Å². The predicted molar refractivity (Wildman–Crippen MR) is 78.0 cm³/mol. The van der Waals surface area contributed by atoms with Crippen LogP contribution in [0.25, 0.3) is 0 Å². The van der Waals surface area contributed by atoms with Gasteiger partial charge < -0.3 is 0 Å². The van der Waals surface area contributed by atoms with Gasteiger partial charge in [-0.1, -0.05) is 40.2 Å². The van der Waals surface area contributed by atoms with Crippen LogP contribution in [-0.2, 0) is 0 Å². The molecule has 2 aromatic rings. The van der Waals surface area contributed by atoms with Crippen LogP contribution in [0.1, 0.15) is 27.4 Å². The molecule has 0 spiro atoms. The monoisotopic (exact) mass is 331 g/mol. The lowest BCUT2D eigenvalue weighted by atomic mass is 9.90. The summed E-state index contributed by atoms with van der Waals surface area (Å²) in [5.41, 5.74) is 1.49. The van der Waals surface area contributed by atoms with Crippen molar-refractivity contribution in [2.75, 3.05) is 0 Å². The largest absolute Gasteiger partial charge is 0.292 e. The van der Waals surface area contributed by atoms with Gasteiger partial charge in [-0.3, -0.25) is 4.79 Å². The molecule has 0 aliphatic rings. The van der Waals surface area contributed by atoms with Crippen LogP contribution in [0.2, 0.25) is 0 Å². The van der Waals surface area contributed by atoms with E-state index < -0.39 is 17.5 Å². The number of nitrogens with zero attached hydrogens (tertiary/aromatic N) is 1. The van der Waals surface area contributed by atoms with E-state index in [0.717, 1.165) is 0 Å². The van der Waals surface area contributed by atoms with Crippen molar-refractivity contribution in [1.82, 2.24) is 0 Å². The minimum Gasteiger partial charge on any atom is -0.292 e. The number of halogens is 2. The Labute approximate surface area is 125 Å². The molecule has 20 heavy (non-hydrogen) atoms. The third-order valence-corrected chi connectivity index (χ3v) is 3.79. The molecule has 2 aromatic carbocycles. The van der Waals surface area contributed by atoms with Crippen molar-refractivity contribution in [3.05, 3.63) is 69.4 Å². The highest BCUT2D eigenvalue weighted by atomic mass is 79.9. The molecule has 0 amide bonds. The second kappa shape index (κ2) is 5.98. The molecule has 4 heteroatoms. The predicted octanol–water partition coefficient (Wildman–Crippen LogP) is 4.39. The van der Waals surface area contributed by atoms with Gasteiger partial charge >= 0.3 is 0 Å². The number of hydrogen-bond donors (Lipinski definition) is 0. The normalized spacial score (nSPS) is 11.7. The highest BCUT2D eigenvalue weighted by Crippen LogP contribution is 2.28. The minimum absolute atomic E-state index is 0.243. The summed E-state index contributed by atoms with van der Waals surface area (Å²) < 4.78 is 14.0. The maximum absolute atomic E-state index is 13.3. The lowest BCUT2D eigenvalue weighted by molar-refractivity contribution is 0.0977. The number of hydrogen-bond acceptors (Lipinski definition) is 2. The SMILES string of the molecule is Cc1ccc(F)cc1C(=O)C(C#N)c1ccccc1Br. The maximum Gasteiger partial charge on any atom is 0.184 e. The van der Waals surface area contributed by atoms with E-state index in [9.17, 15) is 14.4 Å². The first kappa shape index (κ1) is 14.4. The van der Waals surface area contributed by atoms with Gasteiger partial charge in [0.1, 0.15) is 11.7 Å².